The molecule has 0 bridgehead atoms. The summed E-state index contributed by atoms with van der Waals surface area (Å²) in [6.07, 6.45) is 0.670. The van der Waals surface area contributed by atoms with Gasteiger partial charge in [0.05, 0.1) is 0 Å². The molecular formula is C21H26N2O3. The predicted octanol–water partition coefficient (Wildman–Crippen LogP) is 4.45. The van der Waals surface area contributed by atoms with Gasteiger partial charge in [-0.05, 0) is 68.7 Å². The van der Waals surface area contributed by atoms with Crippen LogP contribution in [0.1, 0.15) is 37.8 Å². The van der Waals surface area contributed by atoms with Crippen molar-refractivity contribution in [2.75, 3.05) is 10.6 Å². The van der Waals surface area contributed by atoms with Crippen LogP contribution in [-0.4, -0.2) is 17.9 Å². The molecule has 5 heteroatoms. The molecule has 2 aromatic rings. The summed E-state index contributed by atoms with van der Waals surface area (Å²) in [4.78, 5) is 23.9. The number of carbonyl (C=O) groups is 2. The Balaban J connectivity index is 1.94. The fourth-order valence-electron chi connectivity index (χ4n) is 2.41. The second-order valence-corrected chi connectivity index (χ2v) is 6.39. The Morgan fingerprint density at radius 3 is 2.23 bits per heavy atom. The molecule has 0 aliphatic heterocycles. The molecule has 2 amide bonds. The van der Waals surface area contributed by atoms with E-state index in [4.69, 9.17) is 4.74 Å². The molecule has 0 fully saturated rings. The molecule has 0 aromatic heterocycles. The first-order valence-electron chi connectivity index (χ1n) is 8.83. The molecule has 0 aliphatic rings. The molecule has 0 saturated carbocycles. The quantitative estimate of drug-likeness (QED) is 0.772. The van der Waals surface area contributed by atoms with Crippen LogP contribution in [0.5, 0.6) is 5.75 Å². The van der Waals surface area contributed by atoms with Gasteiger partial charge in [-0.3, -0.25) is 9.59 Å². The standard InChI is InChI=1S/C21H26N2O3/c1-5-6-20(24)22-17-9-11-18(12-10-17)23-21(25)16(4)26-19-13-14(2)7-8-15(19)3/h7-13,16H,5-6H2,1-4H3,(H,22,24)(H,23,25). The zero-order chi connectivity index (χ0) is 19.1. The Morgan fingerprint density at radius 2 is 1.62 bits per heavy atom. The SMILES string of the molecule is CCCC(=O)Nc1ccc(NC(=O)C(C)Oc2cc(C)ccc2C)cc1. The number of aryl methyl sites for hydroxylation is 2. The number of hydrogen-bond donors (Lipinski definition) is 2. The van der Waals surface area contributed by atoms with Crippen molar-refractivity contribution in [3.63, 3.8) is 0 Å². The van der Waals surface area contributed by atoms with Crippen LogP contribution in [0.2, 0.25) is 0 Å². The van der Waals surface area contributed by atoms with Crippen molar-refractivity contribution in [3.05, 3.63) is 53.6 Å². The summed E-state index contributed by atoms with van der Waals surface area (Å²) < 4.78 is 5.79. The molecule has 2 aromatic carbocycles. The van der Waals surface area contributed by atoms with Gasteiger partial charge in [-0.25, -0.2) is 0 Å². The fourth-order valence-corrected chi connectivity index (χ4v) is 2.41. The van der Waals surface area contributed by atoms with Crippen LogP contribution < -0.4 is 15.4 Å². The number of amides is 2. The van der Waals surface area contributed by atoms with Crippen LogP contribution in [-0.2, 0) is 9.59 Å². The summed E-state index contributed by atoms with van der Waals surface area (Å²) >= 11 is 0. The number of benzene rings is 2. The summed E-state index contributed by atoms with van der Waals surface area (Å²) in [5.41, 5.74) is 3.43. The van der Waals surface area contributed by atoms with E-state index in [9.17, 15) is 9.59 Å². The first-order valence-corrected chi connectivity index (χ1v) is 8.83. The third-order valence-electron chi connectivity index (χ3n) is 3.93. The molecule has 1 atom stereocenters. The van der Waals surface area contributed by atoms with Crippen molar-refractivity contribution in [2.24, 2.45) is 0 Å². The first-order chi connectivity index (χ1) is 12.4. The molecule has 2 N–H and O–H groups in total. The molecular weight excluding hydrogens is 328 g/mol. The number of rotatable bonds is 7. The van der Waals surface area contributed by atoms with E-state index in [1.54, 1.807) is 31.2 Å². The average Bonchev–Trinajstić information content (AvgIpc) is 2.60. The molecule has 0 aliphatic carbocycles. The Hall–Kier alpha value is -2.82. The van der Waals surface area contributed by atoms with Crippen molar-refractivity contribution < 1.29 is 14.3 Å². The van der Waals surface area contributed by atoms with Crippen LogP contribution in [0.4, 0.5) is 11.4 Å². The van der Waals surface area contributed by atoms with Crippen molar-refractivity contribution in [2.45, 2.75) is 46.6 Å². The molecule has 0 radical (unpaired) electrons. The number of ether oxygens (including phenoxy) is 1. The van der Waals surface area contributed by atoms with Crippen LogP contribution in [0.3, 0.4) is 0 Å². The van der Waals surface area contributed by atoms with Gasteiger partial charge >= 0.3 is 0 Å². The van der Waals surface area contributed by atoms with Crippen molar-refractivity contribution in [1.82, 2.24) is 0 Å². The van der Waals surface area contributed by atoms with E-state index in [0.717, 1.165) is 17.5 Å². The largest absolute Gasteiger partial charge is 0.481 e. The Morgan fingerprint density at radius 1 is 1.00 bits per heavy atom. The van der Waals surface area contributed by atoms with Crippen LogP contribution in [0.15, 0.2) is 42.5 Å². The second-order valence-electron chi connectivity index (χ2n) is 6.39. The van der Waals surface area contributed by atoms with Crippen LogP contribution in [0, 0.1) is 13.8 Å². The van der Waals surface area contributed by atoms with Gasteiger partial charge in [0.25, 0.3) is 5.91 Å². The Bertz CT molecular complexity index is 769. The van der Waals surface area contributed by atoms with E-state index >= 15 is 0 Å². The average molecular weight is 354 g/mol. The maximum absolute atomic E-state index is 12.4. The van der Waals surface area contributed by atoms with E-state index in [1.807, 2.05) is 39.0 Å². The maximum atomic E-state index is 12.4. The zero-order valence-corrected chi connectivity index (χ0v) is 15.8. The van der Waals surface area contributed by atoms with Gasteiger partial charge in [0.2, 0.25) is 5.91 Å². The van der Waals surface area contributed by atoms with Crippen molar-refractivity contribution >= 4 is 23.2 Å². The summed E-state index contributed by atoms with van der Waals surface area (Å²) in [5, 5.41) is 5.64. The molecule has 1 unspecified atom stereocenters. The van der Waals surface area contributed by atoms with Gasteiger partial charge in [-0.2, -0.15) is 0 Å². The summed E-state index contributed by atoms with van der Waals surface area (Å²) in [5.74, 6) is 0.468. The van der Waals surface area contributed by atoms with Gasteiger partial charge < -0.3 is 15.4 Å². The van der Waals surface area contributed by atoms with Gasteiger partial charge in [0.15, 0.2) is 6.10 Å². The topological polar surface area (TPSA) is 67.4 Å². The highest BCUT2D eigenvalue weighted by molar-refractivity contribution is 5.95. The predicted molar refractivity (Wildman–Crippen MR) is 105 cm³/mol. The smallest absolute Gasteiger partial charge is 0.265 e. The van der Waals surface area contributed by atoms with E-state index < -0.39 is 6.10 Å². The van der Waals surface area contributed by atoms with Gasteiger partial charge in [-0.15, -0.1) is 0 Å². The number of carbonyl (C=O) groups excluding carboxylic acids is 2. The monoisotopic (exact) mass is 354 g/mol. The lowest BCUT2D eigenvalue weighted by Gasteiger charge is -2.17. The Kier molecular flexibility index (Phi) is 6.78. The number of nitrogens with one attached hydrogen (secondary N) is 2. The maximum Gasteiger partial charge on any atom is 0.265 e. The van der Waals surface area contributed by atoms with E-state index in [2.05, 4.69) is 10.6 Å². The van der Waals surface area contributed by atoms with Gasteiger partial charge in [0, 0.05) is 17.8 Å². The lowest BCUT2D eigenvalue weighted by molar-refractivity contribution is -0.122. The first kappa shape index (κ1) is 19.5. The van der Waals surface area contributed by atoms with Gasteiger partial charge in [-0.1, -0.05) is 19.1 Å². The minimum Gasteiger partial charge on any atom is -0.481 e. The fraction of sp³-hybridized carbons (Fsp3) is 0.333. The van der Waals surface area contributed by atoms with Crippen LogP contribution in [0.25, 0.3) is 0 Å². The van der Waals surface area contributed by atoms with Crippen molar-refractivity contribution in [3.8, 4) is 5.75 Å². The normalized spacial score (nSPS) is 11.5. The molecule has 5 nitrogen and oxygen atoms in total. The minimum absolute atomic E-state index is 0.0140. The molecule has 0 saturated heterocycles. The molecule has 2 rings (SSSR count). The third kappa shape index (κ3) is 5.62. The molecule has 26 heavy (non-hydrogen) atoms. The number of anilines is 2. The summed E-state index contributed by atoms with van der Waals surface area (Å²) in [6, 6.07) is 12.9. The van der Waals surface area contributed by atoms with Crippen molar-refractivity contribution in [1.29, 1.82) is 0 Å². The highest BCUT2D eigenvalue weighted by atomic mass is 16.5. The lowest BCUT2D eigenvalue weighted by atomic mass is 10.1. The van der Waals surface area contributed by atoms with E-state index in [-0.39, 0.29) is 11.8 Å². The van der Waals surface area contributed by atoms with Gasteiger partial charge in [0.1, 0.15) is 5.75 Å². The third-order valence-corrected chi connectivity index (χ3v) is 3.93. The summed E-state index contributed by atoms with van der Waals surface area (Å²) in [7, 11) is 0. The zero-order valence-electron chi connectivity index (χ0n) is 15.8. The van der Waals surface area contributed by atoms with Crippen LogP contribution >= 0.6 is 0 Å². The summed E-state index contributed by atoms with van der Waals surface area (Å²) in [6.45, 7) is 7.61. The minimum atomic E-state index is -0.626. The highest BCUT2D eigenvalue weighted by Crippen LogP contribution is 2.21. The van der Waals surface area contributed by atoms with E-state index in [0.29, 0.717) is 23.5 Å². The Labute approximate surface area is 154 Å². The molecule has 138 valence electrons. The molecule has 0 spiro atoms. The number of hydrogen-bond acceptors (Lipinski definition) is 3. The lowest BCUT2D eigenvalue weighted by Crippen LogP contribution is -2.30. The highest BCUT2D eigenvalue weighted by Gasteiger charge is 2.16. The molecule has 0 heterocycles. The van der Waals surface area contributed by atoms with E-state index in [1.165, 1.54) is 0 Å². The second kappa shape index (κ2) is 9.04.